The number of pyridine rings is 1. The zero-order valence-corrected chi connectivity index (χ0v) is 19.0. The largest absolute Gasteiger partial charge is 0.489 e. The Labute approximate surface area is 180 Å². The Morgan fingerprint density at radius 2 is 2.00 bits per heavy atom. The molecule has 0 spiro atoms. The van der Waals surface area contributed by atoms with Crippen molar-refractivity contribution in [3.05, 3.63) is 29.7 Å². The predicted octanol–water partition coefficient (Wildman–Crippen LogP) is 2.89. The Hall–Kier alpha value is -2.27. The molecule has 0 bridgehead atoms. The Kier molecular flexibility index (Phi) is 8.97. The van der Waals surface area contributed by atoms with Gasteiger partial charge in [-0.15, -0.1) is 0 Å². The van der Waals surface area contributed by atoms with Gasteiger partial charge in [0.1, 0.15) is 18.1 Å². The van der Waals surface area contributed by atoms with E-state index in [2.05, 4.69) is 36.0 Å². The van der Waals surface area contributed by atoms with Crippen LogP contribution in [0.15, 0.2) is 18.5 Å². The van der Waals surface area contributed by atoms with Crippen LogP contribution in [-0.2, 0) is 14.2 Å². The SMILES string of the molecule is CC(C)OCC#Cc1cnc(/C(N)=C/NCC2OCC(C)(C)CO2)c(OC(C)C)c1. The van der Waals surface area contributed by atoms with Gasteiger partial charge in [0.05, 0.1) is 37.7 Å². The Morgan fingerprint density at radius 1 is 1.30 bits per heavy atom. The van der Waals surface area contributed by atoms with Gasteiger partial charge in [-0.05, 0) is 33.8 Å². The summed E-state index contributed by atoms with van der Waals surface area (Å²) in [6.07, 6.45) is 3.21. The predicted molar refractivity (Wildman–Crippen MR) is 118 cm³/mol. The van der Waals surface area contributed by atoms with Gasteiger partial charge in [-0.3, -0.25) is 0 Å². The zero-order valence-electron chi connectivity index (χ0n) is 19.0. The smallest absolute Gasteiger partial charge is 0.174 e. The summed E-state index contributed by atoms with van der Waals surface area (Å²) in [6, 6.07) is 1.85. The van der Waals surface area contributed by atoms with E-state index in [1.54, 1.807) is 12.4 Å². The van der Waals surface area contributed by atoms with Crippen molar-refractivity contribution in [1.82, 2.24) is 10.3 Å². The van der Waals surface area contributed by atoms with Crippen LogP contribution < -0.4 is 15.8 Å². The molecule has 166 valence electrons. The summed E-state index contributed by atoms with van der Waals surface area (Å²) in [4.78, 5) is 4.47. The third-order valence-electron chi connectivity index (χ3n) is 4.07. The minimum Gasteiger partial charge on any atom is -0.489 e. The van der Waals surface area contributed by atoms with Crippen molar-refractivity contribution in [3.63, 3.8) is 0 Å². The number of nitrogens with one attached hydrogen (secondary N) is 1. The highest BCUT2D eigenvalue weighted by Gasteiger charge is 2.27. The van der Waals surface area contributed by atoms with Crippen molar-refractivity contribution in [2.24, 2.45) is 11.1 Å². The van der Waals surface area contributed by atoms with Crippen molar-refractivity contribution >= 4 is 5.70 Å². The molecule has 7 heteroatoms. The van der Waals surface area contributed by atoms with Gasteiger partial charge in [0.15, 0.2) is 6.29 Å². The molecule has 2 rings (SSSR count). The van der Waals surface area contributed by atoms with Crippen molar-refractivity contribution in [1.29, 1.82) is 0 Å². The lowest BCUT2D eigenvalue weighted by Crippen LogP contribution is -2.41. The molecule has 0 aliphatic carbocycles. The molecule has 30 heavy (non-hydrogen) atoms. The second-order valence-corrected chi connectivity index (χ2v) is 8.62. The van der Waals surface area contributed by atoms with Gasteiger partial charge in [0, 0.05) is 23.4 Å². The summed E-state index contributed by atoms with van der Waals surface area (Å²) in [5.41, 5.74) is 8.07. The molecule has 1 aromatic rings. The van der Waals surface area contributed by atoms with Crippen molar-refractivity contribution in [3.8, 4) is 17.6 Å². The quantitative estimate of drug-likeness (QED) is 0.629. The van der Waals surface area contributed by atoms with Gasteiger partial charge in [0.25, 0.3) is 0 Å². The molecule has 0 amide bonds. The summed E-state index contributed by atoms with van der Waals surface area (Å²) in [6.45, 7) is 14.3. The number of nitrogens with two attached hydrogens (primary N) is 1. The van der Waals surface area contributed by atoms with E-state index in [1.807, 2.05) is 33.8 Å². The first-order valence-corrected chi connectivity index (χ1v) is 10.4. The number of aromatic nitrogens is 1. The second-order valence-electron chi connectivity index (χ2n) is 8.62. The third-order valence-corrected chi connectivity index (χ3v) is 4.07. The van der Waals surface area contributed by atoms with Gasteiger partial charge >= 0.3 is 0 Å². The normalized spacial score (nSPS) is 17.0. The molecule has 1 aromatic heterocycles. The molecule has 1 saturated heterocycles. The molecule has 0 saturated carbocycles. The van der Waals surface area contributed by atoms with Crippen LogP contribution >= 0.6 is 0 Å². The van der Waals surface area contributed by atoms with E-state index in [-0.39, 0.29) is 23.9 Å². The minimum absolute atomic E-state index is 0.0221. The maximum absolute atomic E-state index is 6.25. The Morgan fingerprint density at radius 3 is 2.63 bits per heavy atom. The molecular weight excluding hydrogens is 382 g/mol. The third kappa shape index (κ3) is 8.23. The molecular formula is C23H35N3O4. The van der Waals surface area contributed by atoms with Gasteiger partial charge in [0.2, 0.25) is 0 Å². The van der Waals surface area contributed by atoms with Crippen LogP contribution in [0.5, 0.6) is 5.75 Å². The van der Waals surface area contributed by atoms with Crippen LogP contribution in [-0.4, -0.2) is 49.8 Å². The van der Waals surface area contributed by atoms with E-state index < -0.39 is 0 Å². The first kappa shape index (κ1) is 24.0. The average Bonchev–Trinajstić information content (AvgIpc) is 2.66. The fourth-order valence-electron chi connectivity index (χ4n) is 2.60. The summed E-state index contributed by atoms with van der Waals surface area (Å²) in [5, 5.41) is 3.15. The molecule has 3 N–H and O–H groups in total. The summed E-state index contributed by atoms with van der Waals surface area (Å²) >= 11 is 0. The molecule has 0 atom stereocenters. The number of nitrogens with zero attached hydrogens (tertiary/aromatic N) is 1. The minimum atomic E-state index is -0.299. The maximum atomic E-state index is 6.25. The highest BCUT2D eigenvalue weighted by Crippen LogP contribution is 2.24. The second kappa shape index (κ2) is 11.2. The molecule has 7 nitrogen and oxygen atoms in total. The van der Waals surface area contributed by atoms with Crippen molar-refractivity contribution in [2.75, 3.05) is 26.4 Å². The molecule has 0 unspecified atom stereocenters. The Balaban J connectivity index is 2.03. The van der Waals surface area contributed by atoms with Gasteiger partial charge < -0.3 is 30.0 Å². The van der Waals surface area contributed by atoms with Crippen LogP contribution in [0, 0.1) is 17.3 Å². The summed E-state index contributed by atoms with van der Waals surface area (Å²) < 4.78 is 22.8. The lowest BCUT2D eigenvalue weighted by atomic mass is 9.96. The van der Waals surface area contributed by atoms with Crippen LogP contribution in [0.25, 0.3) is 5.70 Å². The first-order valence-electron chi connectivity index (χ1n) is 10.4. The number of ether oxygens (including phenoxy) is 4. The summed E-state index contributed by atoms with van der Waals surface area (Å²) in [7, 11) is 0. The maximum Gasteiger partial charge on any atom is 0.174 e. The van der Waals surface area contributed by atoms with Crippen LogP contribution in [0.3, 0.4) is 0 Å². The van der Waals surface area contributed by atoms with E-state index in [1.165, 1.54) is 0 Å². The van der Waals surface area contributed by atoms with E-state index in [4.69, 9.17) is 24.7 Å². The number of hydrogen-bond donors (Lipinski definition) is 2. The lowest BCUT2D eigenvalue weighted by molar-refractivity contribution is -0.217. The fraction of sp³-hybridized carbons (Fsp3) is 0.609. The van der Waals surface area contributed by atoms with Crippen LogP contribution in [0.2, 0.25) is 0 Å². The molecule has 1 fully saturated rings. The number of hydrogen-bond acceptors (Lipinski definition) is 7. The molecule has 0 radical (unpaired) electrons. The topological polar surface area (TPSA) is 87.9 Å². The summed E-state index contributed by atoms with van der Waals surface area (Å²) in [5.74, 6) is 6.62. The van der Waals surface area contributed by atoms with Gasteiger partial charge in [-0.2, -0.15) is 0 Å². The highest BCUT2D eigenvalue weighted by molar-refractivity contribution is 5.65. The van der Waals surface area contributed by atoms with Crippen molar-refractivity contribution < 1.29 is 18.9 Å². The first-order chi connectivity index (χ1) is 14.2. The Bertz CT molecular complexity index is 768. The van der Waals surface area contributed by atoms with E-state index in [0.717, 1.165) is 5.56 Å². The fourth-order valence-corrected chi connectivity index (χ4v) is 2.60. The standard InChI is InChI=1S/C23H35N3O4/c1-16(2)27-9-7-8-18-10-20(30-17(3)4)22(26-11-18)19(24)12-25-13-21-28-14-23(5,6)15-29-21/h10-12,16-17,21,25H,9,13-15,24H2,1-6H3/b19-12-. The van der Waals surface area contributed by atoms with Gasteiger partial charge in [-0.1, -0.05) is 25.7 Å². The van der Waals surface area contributed by atoms with Crippen molar-refractivity contribution in [2.45, 2.75) is 60.0 Å². The van der Waals surface area contributed by atoms with Crippen LogP contribution in [0.1, 0.15) is 52.8 Å². The lowest BCUT2D eigenvalue weighted by Gasteiger charge is -2.34. The van der Waals surface area contributed by atoms with Crippen LogP contribution in [0.4, 0.5) is 0 Å². The zero-order chi connectivity index (χ0) is 22.1. The molecule has 1 aliphatic rings. The van der Waals surface area contributed by atoms with E-state index in [9.17, 15) is 0 Å². The average molecular weight is 418 g/mol. The number of rotatable bonds is 8. The molecule has 0 aromatic carbocycles. The van der Waals surface area contributed by atoms with E-state index >= 15 is 0 Å². The molecule has 2 heterocycles. The van der Waals surface area contributed by atoms with Gasteiger partial charge in [-0.25, -0.2) is 4.98 Å². The monoisotopic (exact) mass is 417 g/mol. The highest BCUT2D eigenvalue weighted by atomic mass is 16.7. The van der Waals surface area contributed by atoms with E-state index in [0.29, 0.717) is 43.5 Å². The molecule has 1 aliphatic heterocycles.